The molecule has 0 fully saturated rings. The monoisotopic (exact) mass is 477 g/mol. The van der Waals surface area contributed by atoms with Gasteiger partial charge in [0.05, 0.1) is 4.92 Å². The van der Waals surface area contributed by atoms with Crippen molar-refractivity contribution in [1.29, 1.82) is 0 Å². The third kappa shape index (κ3) is 7.39. The standard InChI is InChI=1S/C25H23N3O7/c1-17-12-13-20(21(14-17)28(32)33)27-25(31)24(18-8-4-2-5-9-18)35-23(30)15-26-22(29)16-34-19-10-6-3-7-11-19/h2-14,24H,15-16H2,1H3,(H,26,29)(H,27,31). The Balaban J connectivity index is 1.64. The molecule has 3 rings (SSSR count). The topological polar surface area (TPSA) is 137 Å². The molecule has 2 N–H and O–H groups in total. The number of hydrogen-bond donors (Lipinski definition) is 2. The van der Waals surface area contributed by atoms with Crippen LogP contribution in [0.25, 0.3) is 0 Å². The number of hydrogen-bond acceptors (Lipinski definition) is 7. The largest absolute Gasteiger partial charge is 0.484 e. The molecule has 0 bridgehead atoms. The minimum Gasteiger partial charge on any atom is -0.484 e. The summed E-state index contributed by atoms with van der Waals surface area (Å²) in [5.74, 6) is -1.71. The molecule has 1 atom stereocenters. The number of anilines is 1. The third-order valence-electron chi connectivity index (χ3n) is 4.74. The number of nitrogens with zero attached hydrogens (tertiary/aromatic N) is 1. The molecule has 3 aromatic rings. The van der Waals surface area contributed by atoms with E-state index in [4.69, 9.17) is 9.47 Å². The SMILES string of the molecule is Cc1ccc(NC(=O)C(OC(=O)CNC(=O)COc2ccccc2)c2ccccc2)c([N+](=O)[O-])c1. The van der Waals surface area contributed by atoms with Crippen molar-refractivity contribution < 1.29 is 28.8 Å². The highest BCUT2D eigenvalue weighted by Crippen LogP contribution is 2.27. The van der Waals surface area contributed by atoms with E-state index >= 15 is 0 Å². The number of nitro groups is 1. The first-order chi connectivity index (χ1) is 16.8. The van der Waals surface area contributed by atoms with Gasteiger partial charge in [-0.25, -0.2) is 0 Å². The van der Waals surface area contributed by atoms with Crippen molar-refractivity contribution in [3.05, 3.63) is 100 Å². The van der Waals surface area contributed by atoms with Crippen LogP contribution in [0.4, 0.5) is 11.4 Å². The molecule has 0 aliphatic carbocycles. The Labute approximate surface area is 201 Å². The molecule has 0 saturated heterocycles. The molecule has 35 heavy (non-hydrogen) atoms. The number of nitro benzene ring substituents is 1. The van der Waals surface area contributed by atoms with Crippen LogP contribution in [0.3, 0.4) is 0 Å². The fourth-order valence-corrected chi connectivity index (χ4v) is 3.06. The number of benzene rings is 3. The second kappa shape index (κ2) is 11.9. The summed E-state index contributed by atoms with van der Waals surface area (Å²) in [6.07, 6.45) is -1.40. The third-order valence-corrected chi connectivity index (χ3v) is 4.74. The summed E-state index contributed by atoms with van der Waals surface area (Å²) in [5.41, 5.74) is 0.677. The smallest absolute Gasteiger partial charge is 0.326 e. The molecule has 10 heteroatoms. The molecule has 2 amide bonds. The zero-order chi connectivity index (χ0) is 25.2. The van der Waals surface area contributed by atoms with E-state index in [-0.39, 0.29) is 18.0 Å². The maximum absolute atomic E-state index is 13.0. The summed E-state index contributed by atoms with van der Waals surface area (Å²) >= 11 is 0. The molecule has 180 valence electrons. The molecule has 0 aromatic heterocycles. The molecule has 10 nitrogen and oxygen atoms in total. The van der Waals surface area contributed by atoms with Gasteiger partial charge >= 0.3 is 5.97 Å². The molecule has 0 radical (unpaired) electrons. The van der Waals surface area contributed by atoms with Crippen molar-refractivity contribution in [2.75, 3.05) is 18.5 Å². The maximum Gasteiger partial charge on any atom is 0.326 e. The summed E-state index contributed by atoms with van der Waals surface area (Å²) < 4.78 is 10.6. The van der Waals surface area contributed by atoms with Crippen LogP contribution in [-0.4, -0.2) is 35.9 Å². The van der Waals surface area contributed by atoms with Gasteiger partial charge in [-0.1, -0.05) is 54.6 Å². The highest BCUT2D eigenvalue weighted by molar-refractivity contribution is 5.98. The minimum atomic E-state index is -1.40. The van der Waals surface area contributed by atoms with Crippen LogP contribution in [0, 0.1) is 17.0 Å². The van der Waals surface area contributed by atoms with Gasteiger partial charge < -0.3 is 20.1 Å². The fourth-order valence-electron chi connectivity index (χ4n) is 3.06. The maximum atomic E-state index is 13.0. The average molecular weight is 477 g/mol. The number of para-hydroxylation sites is 1. The normalized spacial score (nSPS) is 11.1. The lowest BCUT2D eigenvalue weighted by atomic mass is 10.1. The van der Waals surface area contributed by atoms with Gasteiger partial charge in [-0.05, 0) is 30.7 Å². The number of carbonyl (C=O) groups excluding carboxylic acids is 3. The van der Waals surface area contributed by atoms with Crippen molar-refractivity contribution in [3.8, 4) is 5.75 Å². The van der Waals surface area contributed by atoms with Gasteiger partial charge in [-0.2, -0.15) is 0 Å². The van der Waals surface area contributed by atoms with E-state index in [1.54, 1.807) is 73.7 Å². The van der Waals surface area contributed by atoms with Crippen molar-refractivity contribution in [1.82, 2.24) is 5.32 Å². The van der Waals surface area contributed by atoms with Gasteiger partial charge in [-0.3, -0.25) is 24.5 Å². The van der Waals surface area contributed by atoms with Crippen LogP contribution in [0.15, 0.2) is 78.9 Å². The number of nitrogens with one attached hydrogen (secondary N) is 2. The molecule has 1 unspecified atom stereocenters. The van der Waals surface area contributed by atoms with Crippen LogP contribution in [0.2, 0.25) is 0 Å². The van der Waals surface area contributed by atoms with Crippen LogP contribution in [0.1, 0.15) is 17.2 Å². The molecule has 0 saturated carbocycles. The highest BCUT2D eigenvalue weighted by Gasteiger charge is 2.27. The molecule has 0 heterocycles. The second-order valence-electron chi connectivity index (χ2n) is 7.43. The highest BCUT2D eigenvalue weighted by atomic mass is 16.6. The van der Waals surface area contributed by atoms with E-state index in [2.05, 4.69) is 10.6 Å². The van der Waals surface area contributed by atoms with E-state index in [9.17, 15) is 24.5 Å². The summed E-state index contributed by atoms with van der Waals surface area (Å²) in [6.45, 7) is 0.877. The van der Waals surface area contributed by atoms with Gasteiger partial charge in [0, 0.05) is 11.6 Å². The van der Waals surface area contributed by atoms with E-state index < -0.39 is 35.4 Å². The van der Waals surface area contributed by atoms with Gasteiger partial charge in [-0.15, -0.1) is 0 Å². The Morgan fingerprint density at radius 3 is 2.29 bits per heavy atom. The molecular formula is C25H23N3O7. The summed E-state index contributed by atoms with van der Waals surface area (Å²) in [7, 11) is 0. The first-order valence-corrected chi connectivity index (χ1v) is 10.6. The predicted molar refractivity (Wildman–Crippen MR) is 127 cm³/mol. The van der Waals surface area contributed by atoms with Crippen LogP contribution >= 0.6 is 0 Å². The Kier molecular flexibility index (Phi) is 8.49. The van der Waals surface area contributed by atoms with Crippen LogP contribution in [-0.2, 0) is 19.1 Å². The van der Waals surface area contributed by atoms with Gasteiger partial charge in [0.1, 0.15) is 18.0 Å². The first-order valence-electron chi connectivity index (χ1n) is 10.6. The lowest BCUT2D eigenvalue weighted by Gasteiger charge is -2.18. The number of esters is 1. The number of amides is 2. The fraction of sp³-hybridized carbons (Fsp3) is 0.160. The molecule has 0 aliphatic heterocycles. The van der Waals surface area contributed by atoms with E-state index in [1.807, 2.05) is 0 Å². The van der Waals surface area contributed by atoms with E-state index in [0.29, 0.717) is 16.9 Å². The quantitative estimate of drug-likeness (QED) is 0.260. The van der Waals surface area contributed by atoms with Crippen molar-refractivity contribution in [2.45, 2.75) is 13.0 Å². The lowest BCUT2D eigenvalue weighted by Crippen LogP contribution is -2.36. The van der Waals surface area contributed by atoms with E-state index in [0.717, 1.165) is 0 Å². The summed E-state index contributed by atoms with van der Waals surface area (Å²) in [6, 6.07) is 21.2. The summed E-state index contributed by atoms with van der Waals surface area (Å²) in [4.78, 5) is 48.2. The molecule has 0 aliphatic rings. The second-order valence-corrected chi connectivity index (χ2v) is 7.43. The Bertz CT molecular complexity index is 1200. The Morgan fingerprint density at radius 2 is 1.63 bits per heavy atom. The average Bonchev–Trinajstić information content (AvgIpc) is 2.86. The Hall–Kier alpha value is -4.73. The van der Waals surface area contributed by atoms with Gasteiger partial charge in [0.15, 0.2) is 6.61 Å². The number of rotatable bonds is 10. The van der Waals surface area contributed by atoms with Crippen LogP contribution < -0.4 is 15.4 Å². The number of ether oxygens (including phenoxy) is 2. The first kappa shape index (κ1) is 24.9. The lowest BCUT2D eigenvalue weighted by molar-refractivity contribution is -0.384. The van der Waals surface area contributed by atoms with Crippen molar-refractivity contribution in [2.24, 2.45) is 0 Å². The number of carbonyl (C=O) groups is 3. The van der Waals surface area contributed by atoms with Gasteiger partial charge in [0.2, 0.25) is 6.10 Å². The summed E-state index contributed by atoms with van der Waals surface area (Å²) in [5, 5.41) is 16.2. The van der Waals surface area contributed by atoms with E-state index in [1.165, 1.54) is 12.1 Å². The molecular weight excluding hydrogens is 454 g/mol. The van der Waals surface area contributed by atoms with Crippen molar-refractivity contribution >= 4 is 29.2 Å². The zero-order valence-corrected chi connectivity index (χ0v) is 18.8. The van der Waals surface area contributed by atoms with Crippen LogP contribution in [0.5, 0.6) is 5.75 Å². The Morgan fingerprint density at radius 1 is 0.971 bits per heavy atom. The zero-order valence-electron chi connectivity index (χ0n) is 18.8. The van der Waals surface area contributed by atoms with Crippen molar-refractivity contribution in [3.63, 3.8) is 0 Å². The minimum absolute atomic E-state index is 0.0334. The van der Waals surface area contributed by atoms with Gasteiger partial charge in [0.25, 0.3) is 17.5 Å². The molecule has 0 spiro atoms. The molecule has 3 aromatic carbocycles. The predicted octanol–water partition coefficient (Wildman–Crippen LogP) is 3.32. The number of aryl methyl sites for hydroxylation is 1.